The fraction of sp³-hybridized carbons (Fsp3) is 0.273. The molecular weight excluding hydrogens is 401 g/mol. The van der Waals surface area contributed by atoms with E-state index < -0.39 is 17.8 Å². The molecule has 1 aliphatic rings. The molecule has 0 aromatic heterocycles. The first kappa shape index (κ1) is 21.8. The summed E-state index contributed by atoms with van der Waals surface area (Å²) in [6, 6.07) is 14.5. The Morgan fingerprint density at radius 1 is 1.23 bits per heavy atom. The number of ether oxygens (including phenoxy) is 1. The molecule has 0 radical (unpaired) electrons. The van der Waals surface area contributed by atoms with Crippen molar-refractivity contribution in [2.24, 2.45) is 5.10 Å². The summed E-state index contributed by atoms with van der Waals surface area (Å²) >= 11 is 0. The SMILES string of the molecule is CCOC(=O)C1=NN(c2ccccc2)C(C(=O)NCCNc2cccc(F)c2C#N)C1. The molecular formula is C22H22FN5O3. The van der Waals surface area contributed by atoms with Crippen molar-refractivity contribution < 1.29 is 18.7 Å². The molecule has 0 aliphatic carbocycles. The van der Waals surface area contributed by atoms with Gasteiger partial charge in [-0.15, -0.1) is 0 Å². The van der Waals surface area contributed by atoms with Gasteiger partial charge in [-0.05, 0) is 31.2 Å². The number of hydrazone groups is 1. The predicted octanol–water partition coefficient (Wildman–Crippen LogP) is 2.42. The highest BCUT2D eigenvalue weighted by Crippen LogP contribution is 2.25. The lowest BCUT2D eigenvalue weighted by molar-refractivity contribution is -0.135. The smallest absolute Gasteiger partial charge is 0.354 e. The Hall–Kier alpha value is -3.93. The Kier molecular flexibility index (Phi) is 7.17. The second-order valence-corrected chi connectivity index (χ2v) is 6.66. The molecule has 1 aliphatic heterocycles. The number of para-hydroxylation sites is 1. The van der Waals surface area contributed by atoms with Gasteiger partial charge in [0.15, 0.2) is 0 Å². The van der Waals surface area contributed by atoms with Crippen LogP contribution >= 0.6 is 0 Å². The molecule has 0 saturated carbocycles. The highest BCUT2D eigenvalue weighted by molar-refractivity contribution is 6.38. The Morgan fingerprint density at radius 2 is 2.00 bits per heavy atom. The first-order valence-electron chi connectivity index (χ1n) is 9.84. The predicted molar refractivity (Wildman–Crippen MR) is 114 cm³/mol. The van der Waals surface area contributed by atoms with Crippen molar-refractivity contribution in [3.63, 3.8) is 0 Å². The van der Waals surface area contributed by atoms with Gasteiger partial charge in [0.2, 0.25) is 5.91 Å². The van der Waals surface area contributed by atoms with E-state index in [9.17, 15) is 14.0 Å². The quantitative estimate of drug-likeness (QED) is 0.499. The molecule has 2 aromatic rings. The van der Waals surface area contributed by atoms with Gasteiger partial charge in [0.1, 0.15) is 29.2 Å². The van der Waals surface area contributed by atoms with Crippen molar-refractivity contribution in [2.75, 3.05) is 30.0 Å². The normalized spacial score (nSPS) is 15.1. The third-order valence-electron chi connectivity index (χ3n) is 4.61. The third-order valence-corrected chi connectivity index (χ3v) is 4.61. The van der Waals surface area contributed by atoms with Crippen molar-refractivity contribution in [1.82, 2.24) is 5.32 Å². The zero-order valence-corrected chi connectivity index (χ0v) is 17.0. The molecule has 8 nitrogen and oxygen atoms in total. The number of nitrogens with one attached hydrogen (secondary N) is 2. The van der Waals surface area contributed by atoms with Crippen molar-refractivity contribution in [3.05, 3.63) is 59.9 Å². The van der Waals surface area contributed by atoms with E-state index in [-0.39, 0.29) is 43.3 Å². The molecule has 1 unspecified atom stereocenters. The lowest BCUT2D eigenvalue weighted by Crippen LogP contribution is -2.44. The summed E-state index contributed by atoms with van der Waals surface area (Å²) in [7, 11) is 0. The number of esters is 1. The first-order valence-corrected chi connectivity index (χ1v) is 9.84. The van der Waals surface area contributed by atoms with Crippen LogP contribution in [-0.2, 0) is 14.3 Å². The molecule has 3 rings (SSSR count). The van der Waals surface area contributed by atoms with Gasteiger partial charge < -0.3 is 15.4 Å². The molecule has 2 N–H and O–H groups in total. The Morgan fingerprint density at radius 3 is 2.71 bits per heavy atom. The zero-order chi connectivity index (χ0) is 22.2. The molecule has 31 heavy (non-hydrogen) atoms. The number of nitrogens with zero attached hydrogens (tertiary/aromatic N) is 3. The van der Waals surface area contributed by atoms with E-state index in [1.165, 1.54) is 17.1 Å². The molecule has 160 valence electrons. The van der Waals surface area contributed by atoms with E-state index in [0.29, 0.717) is 11.4 Å². The summed E-state index contributed by atoms with van der Waals surface area (Å²) in [4.78, 5) is 24.9. The number of hydrogen-bond donors (Lipinski definition) is 2. The largest absolute Gasteiger partial charge is 0.461 e. The van der Waals surface area contributed by atoms with Gasteiger partial charge in [-0.2, -0.15) is 10.4 Å². The topological polar surface area (TPSA) is 107 Å². The minimum Gasteiger partial charge on any atom is -0.461 e. The summed E-state index contributed by atoms with van der Waals surface area (Å²) < 4.78 is 18.7. The van der Waals surface area contributed by atoms with Crippen LogP contribution in [0.4, 0.5) is 15.8 Å². The second kappa shape index (κ2) is 10.2. The van der Waals surface area contributed by atoms with E-state index >= 15 is 0 Å². The van der Waals surface area contributed by atoms with Gasteiger partial charge in [-0.3, -0.25) is 9.80 Å². The summed E-state index contributed by atoms with van der Waals surface area (Å²) in [6.45, 7) is 2.44. The highest BCUT2D eigenvalue weighted by atomic mass is 19.1. The van der Waals surface area contributed by atoms with Crippen LogP contribution in [-0.4, -0.2) is 43.3 Å². The lowest BCUT2D eigenvalue weighted by atomic mass is 10.1. The molecule has 0 spiro atoms. The number of hydrogen-bond acceptors (Lipinski definition) is 7. The maximum Gasteiger partial charge on any atom is 0.354 e. The van der Waals surface area contributed by atoms with E-state index in [0.717, 1.165) is 0 Å². The molecule has 1 atom stereocenters. The van der Waals surface area contributed by atoms with Crippen molar-refractivity contribution in [2.45, 2.75) is 19.4 Å². The maximum absolute atomic E-state index is 13.7. The summed E-state index contributed by atoms with van der Waals surface area (Å²) in [6.07, 6.45) is 0.121. The van der Waals surface area contributed by atoms with Crippen LogP contribution in [0.25, 0.3) is 0 Å². The summed E-state index contributed by atoms with van der Waals surface area (Å²) in [5, 5.41) is 20.6. The second-order valence-electron chi connectivity index (χ2n) is 6.66. The number of rotatable bonds is 8. The fourth-order valence-electron chi connectivity index (χ4n) is 3.16. The average Bonchev–Trinajstić information content (AvgIpc) is 3.23. The Balaban J connectivity index is 1.63. The highest BCUT2D eigenvalue weighted by Gasteiger charge is 2.36. The number of carbonyl (C=O) groups is 2. The number of carbonyl (C=O) groups excluding carboxylic acids is 2. The lowest BCUT2D eigenvalue weighted by Gasteiger charge is -2.22. The first-order chi connectivity index (χ1) is 15.0. The summed E-state index contributed by atoms with van der Waals surface area (Å²) in [5.41, 5.74) is 1.14. The minimum absolute atomic E-state index is 0.0765. The Bertz CT molecular complexity index is 1020. The van der Waals surface area contributed by atoms with Crippen LogP contribution in [0.15, 0.2) is 53.6 Å². The van der Waals surface area contributed by atoms with Gasteiger partial charge in [0.05, 0.1) is 18.0 Å². The number of halogens is 1. The van der Waals surface area contributed by atoms with Gasteiger partial charge in [0, 0.05) is 19.5 Å². The van der Waals surface area contributed by atoms with Crippen LogP contribution < -0.4 is 15.6 Å². The molecule has 9 heteroatoms. The van der Waals surface area contributed by atoms with E-state index in [1.807, 2.05) is 24.3 Å². The maximum atomic E-state index is 13.7. The van der Waals surface area contributed by atoms with Gasteiger partial charge in [-0.1, -0.05) is 24.3 Å². The number of nitriles is 1. The monoisotopic (exact) mass is 423 g/mol. The number of anilines is 2. The molecule has 2 aromatic carbocycles. The van der Waals surface area contributed by atoms with E-state index in [1.54, 1.807) is 25.1 Å². The van der Waals surface area contributed by atoms with Crippen molar-refractivity contribution >= 4 is 29.0 Å². The van der Waals surface area contributed by atoms with Crippen molar-refractivity contribution in [1.29, 1.82) is 5.26 Å². The molecule has 0 fully saturated rings. The number of amides is 1. The summed E-state index contributed by atoms with van der Waals surface area (Å²) in [5.74, 6) is -1.46. The minimum atomic E-state index is -0.703. The van der Waals surface area contributed by atoms with Crippen LogP contribution in [0.1, 0.15) is 18.9 Å². The standard InChI is InChI=1S/C22H22FN5O3/c1-2-31-22(30)19-13-20(28(27-19)15-7-4-3-5-8-15)21(29)26-12-11-25-18-10-6-9-17(23)16(18)14-24/h3-10,20,25H,2,11-13H2,1H3,(H,26,29). The number of benzene rings is 2. The van der Waals surface area contributed by atoms with Gasteiger partial charge in [-0.25, -0.2) is 9.18 Å². The molecule has 0 saturated heterocycles. The van der Waals surface area contributed by atoms with Crippen molar-refractivity contribution in [3.8, 4) is 6.07 Å². The third kappa shape index (κ3) is 5.17. The molecule has 1 heterocycles. The van der Waals surface area contributed by atoms with E-state index in [4.69, 9.17) is 10.00 Å². The molecule has 1 amide bonds. The van der Waals surface area contributed by atoms with E-state index in [2.05, 4.69) is 15.7 Å². The van der Waals surface area contributed by atoms with Gasteiger partial charge >= 0.3 is 5.97 Å². The van der Waals surface area contributed by atoms with Crippen LogP contribution in [0, 0.1) is 17.1 Å². The van der Waals surface area contributed by atoms with Gasteiger partial charge in [0.25, 0.3) is 0 Å². The molecule has 0 bridgehead atoms. The van der Waals surface area contributed by atoms with Crippen LogP contribution in [0.3, 0.4) is 0 Å². The average molecular weight is 423 g/mol. The van der Waals surface area contributed by atoms with Crippen LogP contribution in [0.5, 0.6) is 0 Å². The zero-order valence-electron chi connectivity index (χ0n) is 17.0. The Labute approximate surface area is 179 Å². The fourth-order valence-corrected chi connectivity index (χ4v) is 3.16. The van der Waals surface area contributed by atoms with Crippen LogP contribution in [0.2, 0.25) is 0 Å².